The second-order valence-electron chi connectivity index (χ2n) is 5.74. The number of aromatic nitrogens is 3. The number of rotatable bonds is 2. The van der Waals surface area contributed by atoms with E-state index in [4.69, 9.17) is 0 Å². The summed E-state index contributed by atoms with van der Waals surface area (Å²) in [5.41, 5.74) is 4.73. The van der Waals surface area contributed by atoms with Gasteiger partial charge in [0.15, 0.2) is 0 Å². The van der Waals surface area contributed by atoms with Crippen molar-refractivity contribution in [2.24, 2.45) is 0 Å². The van der Waals surface area contributed by atoms with Crippen molar-refractivity contribution in [2.45, 2.75) is 6.92 Å². The van der Waals surface area contributed by atoms with Crippen molar-refractivity contribution in [3.8, 4) is 17.0 Å². The molecule has 0 unspecified atom stereocenters. The quantitative estimate of drug-likeness (QED) is 0.583. The van der Waals surface area contributed by atoms with Crippen LogP contribution in [0.15, 0.2) is 24.5 Å². The van der Waals surface area contributed by atoms with Gasteiger partial charge in [0.1, 0.15) is 11.4 Å². The van der Waals surface area contributed by atoms with Crippen molar-refractivity contribution >= 4 is 16.6 Å². The fourth-order valence-corrected chi connectivity index (χ4v) is 3.12. The SMILES string of the molecule is Cc1c[nH]c2cc(O)c(-c3n[nH]cc3N3CCNCC3)cc12. The molecule has 0 radical (unpaired) electrons. The Morgan fingerprint density at radius 1 is 1.18 bits per heavy atom. The van der Waals surface area contributed by atoms with Gasteiger partial charge in [0.05, 0.1) is 5.69 Å². The highest BCUT2D eigenvalue weighted by molar-refractivity contribution is 5.92. The van der Waals surface area contributed by atoms with Crippen molar-refractivity contribution in [2.75, 3.05) is 31.1 Å². The smallest absolute Gasteiger partial charge is 0.127 e. The van der Waals surface area contributed by atoms with Gasteiger partial charge in [0.2, 0.25) is 0 Å². The van der Waals surface area contributed by atoms with Gasteiger partial charge in [-0.25, -0.2) is 0 Å². The molecule has 1 fully saturated rings. The zero-order valence-electron chi connectivity index (χ0n) is 12.5. The molecule has 0 aliphatic carbocycles. The van der Waals surface area contributed by atoms with E-state index in [-0.39, 0.29) is 5.75 Å². The molecule has 6 heteroatoms. The van der Waals surface area contributed by atoms with E-state index in [1.807, 2.05) is 18.5 Å². The van der Waals surface area contributed by atoms with Crippen molar-refractivity contribution in [3.05, 3.63) is 30.1 Å². The Hall–Kier alpha value is -2.47. The van der Waals surface area contributed by atoms with Gasteiger partial charge >= 0.3 is 0 Å². The molecule has 0 atom stereocenters. The maximum absolute atomic E-state index is 10.4. The van der Waals surface area contributed by atoms with Gasteiger partial charge in [-0.15, -0.1) is 0 Å². The number of phenolic OH excluding ortho intramolecular Hbond substituents is 1. The number of hydrogen-bond donors (Lipinski definition) is 4. The average molecular weight is 297 g/mol. The Balaban J connectivity index is 1.83. The summed E-state index contributed by atoms with van der Waals surface area (Å²) in [6.45, 7) is 5.87. The molecule has 0 spiro atoms. The topological polar surface area (TPSA) is 80.0 Å². The third-order valence-electron chi connectivity index (χ3n) is 4.34. The molecule has 1 aromatic carbocycles. The zero-order valence-corrected chi connectivity index (χ0v) is 12.5. The number of aromatic hydroxyl groups is 1. The normalized spacial score (nSPS) is 15.6. The summed E-state index contributed by atoms with van der Waals surface area (Å²) < 4.78 is 0. The first-order valence-electron chi connectivity index (χ1n) is 7.54. The number of piperazine rings is 1. The van der Waals surface area contributed by atoms with Crippen LogP contribution in [0.4, 0.5) is 5.69 Å². The summed E-state index contributed by atoms with van der Waals surface area (Å²) in [6.07, 6.45) is 3.86. The Labute approximate surface area is 128 Å². The van der Waals surface area contributed by atoms with E-state index < -0.39 is 0 Å². The molecule has 1 aliphatic rings. The van der Waals surface area contributed by atoms with Crippen molar-refractivity contribution in [1.82, 2.24) is 20.5 Å². The van der Waals surface area contributed by atoms with Crippen LogP contribution < -0.4 is 10.2 Å². The molecule has 3 heterocycles. The van der Waals surface area contributed by atoms with Crippen LogP contribution in [0.2, 0.25) is 0 Å². The van der Waals surface area contributed by atoms with Crippen LogP contribution in [0.5, 0.6) is 5.75 Å². The second kappa shape index (κ2) is 5.06. The van der Waals surface area contributed by atoms with Crippen LogP contribution in [0.1, 0.15) is 5.56 Å². The number of anilines is 1. The van der Waals surface area contributed by atoms with Gasteiger partial charge < -0.3 is 20.3 Å². The standard InChI is InChI=1S/C16H19N5O/c1-10-8-18-13-7-15(22)12(6-11(10)13)16-14(9-19-20-16)21-4-2-17-3-5-21/h6-9,17-18,22H,2-5H2,1H3,(H,19,20). The number of H-pyrrole nitrogens is 2. The van der Waals surface area contributed by atoms with Crippen LogP contribution in [-0.4, -0.2) is 46.5 Å². The third-order valence-corrected chi connectivity index (χ3v) is 4.34. The predicted octanol–water partition coefficient (Wildman–Crippen LogP) is 1.98. The summed E-state index contributed by atoms with van der Waals surface area (Å²) in [5.74, 6) is 0.248. The highest BCUT2D eigenvalue weighted by atomic mass is 16.3. The van der Waals surface area contributed by atoms with Gasteiger partial charge in [0.25, 0.3) is 0 Å². The maximum Gasteiger partial charge on any atom is 0.127 e. The van der Waals surface area contributed by atoms with E-state index in [1.165, 1.54) is 0 Å². The second-order valence-corrected chi connectivity index (χ2v) is 5.74. The van der Waals surface area contributed by atoms with Gasteiger partial charge in [-0.05, 0) is 18.6 Å². The Morgan fingerprint density at radius 3 is 2.82 bits per heavy atom. The van der Waals surface area contributed by atoms with E-state index in [0.29, 0.717) is 0 Å². The molecule has 4 rings (SSSR count). The first-order chi connectivity index (χ1) is 10.7. The van der Waals surface area contributed by atoms with Crippen molar-refractivity contribution in [1.29, 1.82) is 0 Å². The fourth-order valence-electron chi connectivity index (χ4n) is 3.12. The molecule has 1 aliphatic heterocycles. The molecule has 114 valence electrons. The Morgan fingerprint density at radius 2 is 2.00 bits per heavy atom. The first-order valence-corrected chi connectivity index (χ1v) is 7.54. The van der Waals surface area contributed by atoms with Gasteiger partial charge in [0, 0.05) is 61.1 Å². The number of hydrogen-bond acceptors (Lipinski definition) is 4. The number of benzene rings is 1. The largest absolute Gasteiger partial charge is 0.507 e. The minimum Gasteiger partial charge on any atom is -0.507 e. The molecule has 0 bridgehead atoms. The summed E-state index contributed by atoms with van der Waals surface area (Å²) in [6, 6.07) is 3.78. The van der Waals surface area contributed by atoms with E-state index in [0.717, 1.165) is 59.6 Å². The minimum atomic E-state index is 0.248. The van der Waals surface area contributed by atoms with Crippen molar-refractivity contribution in [3.63, 3.8) is 0 Å². The number of fused-ring (bicyclic) bond motifs is 1. The number of aromatic amines is 2. The number of nitrogens with one attached hydrogen (secondary N) is 3. The van der Waals surface area contributed by atoms with E-state index >= 15 is 0 Å². The molecule has 4 N–H and O–H groups in total. The predicted molar refractivity (Wildman–Crippen MR) is 87.4 cm³/mol. The molecule has 0 saturated carbocycles. The summed E-state index contributed by atoms with van der Waals surface area (Å²) in [7, 11) is 0. The Bertz CT molecular complexity index is 813. The van der Waals surface area contributed by atoms with E-state index in [1.54, 1.807) is 6.07 Å². The lowest BCUT2D eigenvalue weighted by molar-refractivity contribution is 0.478. The van der Waals surface area contributed by atoms with Crippen LogP contribution in [0.25, 0.3) is 22.2 Å². The number of aryl methyl sites for hydroxylation is 1. The first kappa shape index (κ1) is 13.2. The molecular formula is C16H19N5O. The van der Waals surface area contributed by atoms with Gasteiger partial charge in [-0.2, -0.15) is 5.10 Å². The van der Waals surface area contributed by atoms with Crippen molar-refractivity contribution < 1.29 is 5.11 Å². The lowest BCUT2D eigenvalue weighted by Gasteiger charge is -2.29. The lowest BCUT2D eigenvalue weighted by atomic mass is 10.0. The average Bonchev–Trinajstić information content (AvgIpc) is 3.15. The van der Waals surface area contributed by atoms with Gasteiger partial charge in [-0.1, -0.05) is 0 Å². The molecule has 0 amide bonds. The zero-order chi connectivity index (χ0) is 15.1. The summed E-state index contributed by atoms with van der Waals surface area (Å²) >= 11 is 0. The third kappa shape index (κ3) is 2.03. The van der Waals surface area contributed by atoms with Crippen LogP contribution in [0, 0.1) is 6.92 Å². The number of phenols is 1. The molecule has 22 heavy (non-hydrogen) atoms. The molecule has 6 nitrogen and oxygen atoms in total. The fraction of sp³-hybridized carbons (Fsp3) is 0.312. The van der Waals surface area contributed by atoms with Crippen LogP contribution >= 0.6 is 0 Å². The molecule has 2 aromatic heterocycles. The molecule has 1 saturated heterocycles. The number of nitrogens with zero attached hydrogens (tertiary/aromatic N) is 2. The lowest BCUT2D eigenvalue weighted by Crippen LogP contribution is -2.43. The highest BCUT2D eigenvalue weighted by Crippen LogP contribution is 2.37. The molecular weight excluding hydrogens is 278 g/mol. The maximum atomic E-state index is 10.4. The highest BCUT2D eigenvalue weighted by Gasteiger charge is 2.20. The van der Waals surface area contributed by atoms with Crippen LogP contribution in [-0.2, 0) is 0 Å². The summed E-state index contributed by atoms with van der Waals surface area (Å²) in [5, 5.41) is 22.2. The van der Waals surface area contributed by atoms with E-state index in [9.17, 15) is 5.11 Å². The monoisotopic (exact) mass is 297 g/mol. The van der Waals surface area contributed by atoms with Gasteiger partial charge in [-0.3, -0.25) is 5.10 Å². The van der Waals surface area contributed by atoms with Crippen LogP contribution in [0.3, 0.4) is 0 Å². The minimum absolute atomic E-state index is 0.248. The molecule has 3 aromatic rings. The van der Waals surface area contributed by atoms with E-state index in [2.05, 4.69) is 32.3 Å². The Kier molecular flexibility index (Phi) is 3.04. The summed E-state index contributed by atoms with van der Waals surface area (Å²) in [4.78, 5) is 5.47.